The van der Waals surface area contributed by atoms with Gasteiger partial charge in [-0.1, -0.05) is 51.1 Å². The molecule has 1 aliphatic carbocycles. The lowest BCUT2D eigenvalue weighted by molar-refractivity contribution is -0.265. The van der Waals surface area contributed by atoms with Crippen molar-refractivity contribution < 1.29 is 24.1 Å². The van der Waals surface area contributed by atoms with Crippen molar-refractivity contribution in [2.75, 3.05) is 13.2 Å². The number of benzene rings is 1. The largest absolute Gasteiger partial charge is 0.456 e. The molecule has 0 radical (unpaired) electrons. The first-order chi connectivity index (χ1) is 14.8. The Morgan fingerprint density at radius 1 is 1.29 bits per heavy atom. The summed E-state index contributed by atoms with van der Waals surface area (Å²) in [5.41, 5.74) is -0.0290. The molecule has 3 aliphatic rings. The zero-order chi connectivity index (χ0) is 22.2. The van der Waals surface area contributed by atoms with Gasteiger partial charge >= 0.3 is 5.97 Å². The van der Waals surface area contributed by atoms with E-state index in [1.807, 2.05) is 30.3 Å². The van der Waals surface area contributed by atoms with Gasteiger partial charge in [-0.05, 0) is 49.2 Å². The van der Waals surface area contributed by atoms with Crippen molar-refractivity contribution in [1.82, 2.24) is 0 Å². The van der Waals surface area contributed by atoms with E-state index in [0.717, 1.165) is 18.4 Å². The number of rotatable bonds is 7. The molecular formula is C26H36O5. The normalized spacial score (nSPS) is 39.2. The van der Waals surface area contributed by atoms with Crippen molar-refractivity contribution in [1.29, 1.82) is 0 Å². The minimum Gasteiger partial charge on any atom is -0.456 e. The summed E-state index contributed by atoms with van der Waals surface area (Å²) in [4.78, 5) is 12.9. The molecule has 5 nitrogen and oxygen atoms in total. The van der Waals surface area contributed by atoms with E-state index < -0.39 is 11.2 Å². The van der Waals surface area contributed by atoms with Gasteiger partial charge in [-0.2, -0.15) is 0 Å². The number of esters is 1. The fourth-order valence-electron chi connectivity index (χ4n) is 6.40. The van der Waals surface area contributed by atoms with Crippen molar-refractivity contribution >= 4 is 12.0 Å². The number of fused-ring (bicyclic) bond motifs is 4. The summed E-state index contributed by atoms with van der Waals surface area (Å²) in [6, 6.07) is 9.78. The van der Waals surface area contributed by atoms with E-state index in [-0.39, 0.29) is 42.5 Å². The van der Waals surface area contributed by atoms with Crippen LogP contribution in [0.25, 0.3) is 6.08 Å². The van der Waals surface area contributed by atoms with Crippen molar-refractivity contribution in [3.05, 3.63) is 42.0 Å². The first kappa shape index (κ1) is 22.5. The minimum absolute atomic E-state index is 0.00550. The lowest BCUT2D eigenvalue weighted by Crippen LogP contribution is -2.62. The van der Waals surface area contributed by atoms with Crippen LogP contribution in [0.2, 0.25) is 0 Å². The molecule has 7 atom stereocenters. The van der Waals surface area contributed by atoms with Gasteiger partial charge in [0, 0.05) is 18.4 Å². The first-order valence-electron chi connectivity index (χ1n) is 11.7. The highest BCUT2D eigenvalue weighted by Gasteiger charge is 2.71. The molecule has 31 heavy (non-hydrogen) atoms. The Morgan fingerprint density at radius 3 is 2.71 bits per heavy atom. The number of aliphatic hydroxyl groups excluding tert-OH is 1. The monoisotopic (exact) mass is 428 g/mol. The summed E-state index contributed by atoms with van der Waals surface area (Å²) in [7, 11) is 0. The zero-order valence-corrected chi connectivity index (χ0v) is 19.1. The quantitative estimate of drug-likeness (QED) is 0.520. The third-order valence-corrected chi connectivity index (χ3v) is 8.02. The van der Waals surface area contributed by atoms with Gasteiger partial charge in [0.1, 0.15) is 11.7 Å². The van der Waals surface area contributed by atoms with Crippen molar-refractivity contribution in [2.45, 2.75) is 70.4 Å². The molecule has 1 saturated carbocycles. The number of ether oxygens (including phenoxy) is 3. The van der Waals surface area contributed by atoms with Crippen LogP contribution in [0.4, 0.5) is 0 Å². The van der Waals surface area contributed by atoms with Crippen LogP contribution < -0.4 is 0 Å². The fourth-order valence-corrected chi connectivity index (χ4v) is 6.40. The topological polar surface area (TPSA) is 65.0 Å². The zero-order valence-electron chi connectivity index (χ0n) is 19.1. The third-order valence-electron chi connectivity index (χ3n) is 8.02. The van der Waals surface area contributed by atoms with E-state index in [1.165, 1.54) is 6.08 Å². The Morgan fingerprint density at radius 2 is 2.03 bits per heavy atom. The van der Waals surface area contributed by atoms with Gasteiger partial charge in [-0.3, -0.25) is 0 Å². The van der Waals surface area contributed by atoms with Crippen molar-refractivity contribution in [3.8, 4) is 0 Å². The highest BCUT2D eigenvalue weighted by molar-refractivity contribution is 5.87. The predicted molar refractivity (Wildman–Crippen MR) is 119 cm³/mol. The molecule has 0 aromatic heterocycles. The Balaban J connectivity index is 1.64. The van der Waals surface area contributed by atoms with Gasteiger partial charge < -0.3 is 19.3 Å². The lowest BCUT2D eigenvalue weighted by Gasteiger charge is -2.53. The van der Waals surface area contributed by atoms with E-state index in [9.17, 15) is 9.90 Å². The SMILES string of the molecule is CC(C)[C@]12C[C@@H](OCCO)[C@](C)(O1)[C@@H]1CC[C@@H](C)[C@H]1[C@@H]2OC(=O)/C=C/c1ccccc1. The molecule has 1 N–H and O–H groups in total. The summed E-state index contributed by atoms with van der Waals surface area (Å²) in [5, 5.41) is 9.34. The molecule has 1 aromatic carbocycles. The van der Waals surface area contributed by atoms with E-state index in [1.54, 1.807) is 6.08 Å². The maximum absolute atomic E-state index is 12.9. The highest BCUT2D eigenvalue weighted by Crippen LogP contribution is 2.63. The van der Waals surface area contributed by atoms with Gasteiger partial charge in [0.2, 0.25) is 0 Å². The maximum atomic E-state index is 12.9. The Hall–Kier alpha value is -1.69. The highest BCUT2D eigenvalue weighted by atomic mass is 16.6. The summed E-state index contributed by atoms with van der Waals surface area (Å²) in [6.45, 7) is 9.04. The van der Waals surface area contributed by atoms with E-state index in [2.05, 4.69) is 27.7 Å². The molecule has 0 amide bonds. The summed E-state index contributed by atoms with van der Waals surface area (Å²) < 4.78 is 19.2. The molecule has 2 heterocycles. The summed E-state index contributed by atoms with van der Waals surface area (Å²) in [6.07, 6.45) is 5.74. The number of aliphatic hydroxyl groups is 1. The number of hydrogen-bond donors (Lipinski definition) is 1. The van der Waals surface area contributed by atoms with Crippen LogP contribution in [0.3, 0.4) is 0 Å². The molecule has 5 heteroatoms. The fraction of sp³-hybridized carbons (Fsp3) is 0.654. The number of carbonyl (C=O) groups is 1. The van der Waals surface area contributed by atoms with E-state index in [0.29, 0.717) is 18.9 Å². The standard InChI is InChI=1S/C26H36O5/c1-17(2)26-16-21(29-15-14-27)25(4,31-26)20-12-10-18(3)23(20)24(26)30-22(28)13-11-19-8-6-5-7-9-19/h5-9,11,13,17-18,20-21,23-24,27H,10,12,14-16H2,1-4H3/b13-11+/t18-,20-,21-,23-,24+,25-,26+/m1/s1. The smallest absolute Gasteiger partial charge is 0.331 e. The molecule has 1 aromatic rings. The second-order valence-electron chi connectivity index (χ2n) is 10.0. The van der Waals surface area contributed by atoms with Crippen LogP contribution >= 0.6 is 0 Å². The van der Waals surface area contributed by atoms with Crippen LogP contribution in [-0.4, -0.2) is 47.7 Å². The van der Waals surface area contributed by atoms with Crippen LogP contribution in [0, 0.1) is 23.7 Å². The van der Waals surface area contributed by atoms with Crippen LogP contribution in [-0.2, 0) is 19.0 Å². The first-order valence-corrected chi connectivity index (χ1v) is 11.7. The minimum atomic E-state index is -0.578. The summed E-state index contributed by atoms with van der Waals surface area (Å²) >= 11 is 0. The van der Waals surface area contributed by atoms with Gasteiger partial charge in [0.05, 0.1) is 24.9 Å². The molecule has 170 valence electrons. The van der Waals surface area contributed by atoms with Gasteiger partial charge in [-0.15, -0.1) is 0 Å². The molecule has 2 bridgehead atoms. The average molecular weight is 429 g/mol. The number of carbonyl (C=O) groups excluding carboxylic acids is 1. The molecule has 3 fully saturated rings. The Kier molecular flexibility index (Phi) is 6.30. The van der Waals surface area contributed by atoms with Gasteiger partial charge in [-0.25, -0.2) is 4.79 Å². The lowest BCUT2D eigenvalue weighted by atomic mass is 9.69. The van der Waals surface area contributed by atoms with Crippen LogP contribution in [0.1, 0.15) is 52.5 Å². The van der Waals surface area contributed by atoms with Crippen molar-refractivity contribution in [2.24, 2.45) is 23.7 Å². The second-order valence-corrected chi connectivity index (χ2v) is 10.0. The second kappa shape index (κ2) is 8.68. The molecule has 2 aliphatic heterocycles. The predicted octanol–water partition coefficient (Wildman–Crippen LogP) is 4.24. The third kappa shape index (κ3) is 3.85. The van der Waals surface area contributed by atoms with E-state index in [4.69, 9.17) is 14.2 Å². The molecular weight excluding hydrogens is 392 g/mol. The van der Waals surface area contributed by atoms with E-state index >= 15 is 0 Å². The number of hydrogen-bond acceptors (Lipinski definition) is 5. The Bertz CT molecular complexity index is 805. The average Bonchev–Trinajstić information content (AvgIpc) is 3.27. The molecule has 0 spiro atoms. The Labute approximate surface area is 185 Å². The molecule has 4 rings (SSSR count). The van der Waals surface area contributed by atoms with Gasteiger partial charge in [0.25, 0.3) is 0 Å². The molecule has 2 saturated heterocycles. The van der Waals surface area contributed by atoms with Gasteiger partial charge in [0.15, 0.2) is 0 Å². The van der Waals surface area contributed by atoms with Crippen molar-refractivity contribution in [3.63, 3.8) is 0 Å². The molecule has 0 unspecified atom stereocenters. The van der Waals surface area contributed by atoms with Crippen LogP contribution in [0.15, 0.2) is 36.4 Å². The maximum Gasteiger partial charge on any atom is 0.331 e. The van der Waals surface area contributed by atoms with Crippen LogP contribution in [0.5, 0.6) is 0 Å². The summed E-state index contributed by atoms with van der Waals surface area (Å²) in [5.74, 6) is 0.825.